The molecule has 29 heavy (non-hydrogen) atoms. The van der Waals surface area contributed by atoms with Crippen molar-refractivity contribution < 1.29 is 0 Å². The standard InChI is InChI=1S/C22H22ClN5S/c1-13-16(6-3-7-17(13)23)19-12-21(28-22(24)27-19)25-10-4-5-15-8-9-18-20(11-15)29-14(2)26-18/h3,6-9,11-12H,4-5,10H2,1-2H3,(H3,24,25,27,28). The number of nitrogens with zero attached hydrogens (tertiary/aromatic N) is 3. The summed E-state index contributed by atoms with van der Waals surface area (Å²) in [4.78, 5) is 13.2. The third-order valence-electron chi connectivity index (χ3n) is 4.80. The maximum atomic E-state index is 6.25. The quantitative estimate of drug-likeness (QED) is 0.392. The normalized spacial score (nSPS) is 11.1. The summed E-state index contributed by atoms with van der Waals surface area (Å²) in [6.07, 6.45) is 1.97. The largest absolute Gasteiger partial charge is 0.370 e. The lowest BCUT2D eigenvalue weighted by Crippen LogP contribution is -2.07. The summed E-state index contributed by atoms with van der Waals surface area (Å²) < 4.78 is 1.25. The highest BCUT2D eigenvalue weighted by Crippen LogP contribution is 2.28. The molecule has 0 spiro atoms. The number of nitrogen functional groups attached to an aromatic ring is 1. The molecule has 0 aliphatic heterocycles. The van der Waals surface area contributed by atoms with E-state index in [2.05, 4.69) is 38.5 Å². The second kappa shape index (κ2) is 8.35. The highest BCUT2D eigenvalue weighted by molar-refractivity contribution is 7.18. The molecule has 3 N–H and O–H groups in total. The number of aromatic nitrogens is 3. The van der Waals surface area contributed by atoms with Crippen LogP contribution in [0, 0.1) is 13.8 Å². The smallest absolute Gasteiger partial charge is 0.222 e. The molecule has 4 rings (SSSR count). The van der Waals surface area contributed by atoms with Crippen molar-refractivity contribution in [2.45, 2.75) is 26.7 Å². The van der Waals surface area contributed by atoms with Gasteiger partial charge < -0.3 is 11.1 Å². The van der Waals surface area contributed by atoms with Gasteiger partial charge in [-0.1, -0.05) is 29.8 Å². The zero-order valence-electron chi connectivity index (χ0n) is 16.4. The number of hydrogen-bond acceptors (Lipinski definition) is 6. The minimum atomic E-state index is 0.246. The number of rotatable bonds is 6. The first-order valence-corrected chi connectivity index (χ1v) is 10.7. The van der Waals surface area contributed by atoms with E-state index in [1.807, 2.05) is 38.1 Å². The Kier molecular flexibility index (Phi) is 5.65. The summed E-state index contributed by atoms with van der Waals surface area (Å²) in [5.74, 6) is 0.968. The van der Waals surface area contributed by atoms with Crippen LogP contribution in [-0.2, 0) is 6.42 Å². The Morgan fingerprint density at radius 3 is 2.79 bits per heavy atom. The first kappa shape index (κ1) is 19.6. The zero-order chi connectivity index (χ0) is 20.4. The molecule has 2 aromatic heterocycles. The molecule has 4 aromatic rings. The number of aryl methyl sites for hydroxylation is 2. The summed E-state index contributed by atoms with van der Waals surface area (Å²) >= 11 is 7.99. The monoisotopic (exact) mass is 423 g/mol. The van der Waals surface area contributed by atoms with Crippen molar-refractivity contribution in [3.05, 3.63) is 63.6 Å². The van der Waals surface area contributed by atoms with Crippen LogP contribution in [0.15, 0.2) is 42.5 Å². The Hall–Kier alpha value is -2.70. The highest BCUT2D eigenvalue weighted by atomic mass is 35.5. The van der Waals surface area contributed by atoms with Crippen LogP contribution in [0.4, 0.5) is 11.8 Å². The molecule has 2 aromatic carbocycles. The number of anilines is 2. The van der Waals surface area contributed by atoms with Gasteiger partial charge in [0.25, 0.3) is 0 Å². The van der Waals surface area contributed by atoms with Crippen LogP contribution in [0.25, 0.3) is 21.5 Å². The fourth-order valence-electron chi connectivity index (χ4n) is 3.33. The molecule has 0 atom stereocenters. The van der Waals surface area contributed by atoms with E-state index in [1.54, 1.807) is 11.3 Å². The van der Waals surface area contributed by atoms with Crippen LogP contribution in [0.1, 0.15) is 22.6 Å². The van der Waals surface area contributed by atoms with E-state index in [0.29, 0.717) is 5.02 Å². The molecular weight excluding hydrogens is 402 g/mol. The van der Waals surface area contributed by atoms with Crippen LogP contribution in [0.3, 0.4) is 0 Å². The minimum Gasteiger partial charge on any atom is -0.370 e. The van der Waals surface area contributed by atoms with Crippen molar-refractivity contribution in [3.63, 3.8) is 0 Å². The molecule has 7 heteroatoms. The molecule has 0 bridgehead atoms. The van der Waals surface area contributed by atoms with Gasteiger partial charge in [0, 0.05) is 23.2 Å². The van der Waals surface area contributed by atoms with Gasteiger partial charge in [0.2, 0.25) is 5.95 Å². The number of thiazole rings is 1. The van der Waals surface area contributed by atoms with E-state index in [1.165, 1.54) is 10.3 Å². The van der Waals surface area contributed by atoms with Gasteiger partial charge in [-0.05, 0) is 56.0 Å². The zero-order valence-corrected chi connectivity index (χ0v) is 17.9. The first-order chi connectivity index (χ1) is 14.0. The second-order valence-electron chi connectivity index (χ2n) is 6.97. The van der Waals surface area contributed by atoms with Crippen molar-refractivity contribution in [3.8, 4) is 11.3 Å². The number of fused-ring (bicyclic) bond motifs is 1. The first-order valence-electron chi connectivity index (χ1n) is 9.49. The van der Waals surface area contributed by atoms with E-state index >= 15 is 0 Å². The van der Waals surface area contributed by atoms with E-state index in [-0.39, 0.29) is 5.95 Å². The number of benzene rings is 2. The van der Waals surface area contributed by atoms with Crippen molar-refractivity contribution in [2.75, 3.05) is 17.6 Å². The van der Waals surface area contributed by atoms with Crippen LogP contribution in [0.5, 0.6) is 0 Å². The predicted molar refractivity (Wildman–Crippen MR) is 123 cm³/mol. The van der Waals surface area contributed by atoms with Gasteiger partial charge in [0.1, 0.15) is 5.82 Å². The average molecular weight is 424 g/mol. The topological polar surface area (TPSA) is 76.7 Å². The lowest BCUT2D eigenvalue weighted by molar-refractivity contribution is 0.859. The number of nitrogens with two attached hydrogens (primary N) is 1. The summed E-state index contributed by atoms with van der Waals surface area (Å²) in [5.41, 5.74) is 11.0. The maximum absolute atomic E-state index is 6.25. The molecule has 148 valence electrons. The summed E-state index contributed by atoms with van der Waals surface area (Å²) in [6, 6.07) is 14.2. The van der Waals surface area contributed by atoms with Gasteiger partial charge in [-0.3, -0.25) is 0 Å². The fraction of sp³-hybridized carbons (Fsp3) is 0.227. The Bertz CT molecular complexity index is 1170. The Labute approximate surface area is 179 Å². The third-order valence-corrected chi connectivity index (χ3v) is 6.14. The van der Waals surface area contributed by atoms with Crippen molar-refractivity contribution >= 4 is 44.9 Å². The summed E-state index contributed by atoms with van der Waals surface area (Å²) in [7, 11) is 0. The highest BCUT2D eigenvalue weighted by Gasteiger charge is 2.09. The number of hydrogen-bond donors (Lipinski definition) is 2. The third kappa shape index (κ3) is 4.49. The van der Waals surface area contributed by atoms with Gasteiger partial charge in [-0.15, -0.1) is 11.3 Å². The van der Waals surface area contributed by atoms with Gasteiger partial charge in [0.05, 0.1) is 20.9 Å². The second-order valence-corrected chi connectivity index (χ2v) is 8.62. The van der Waals surface area contributed by atoms with E-state index in [0.717, 1.165) is 52.5 Å². The SMILES string of the molecule is Cc1nc2ccc(CCCNc3cc(-c4cccc(Cl)c4C)nc(N)n3)cc2s1. The predicted octanol–water partition coefficient (Wildman–Crippen LogP) is 5.65. The molecule has 0 radical (unpaired) electrons. The van der Waals surface area contributed by atoms with Gasteiger partial charge in [-0.25, -0.2) is 9.97 Å². The Balaban J connectivity index is 1.41. The molecule has 5 nitrogen and oxygen atoms in total. The minimum absolute atomic E-state index is 0.246. The van der Waals surface area contributed by atoms with Crippen molar-refractivity contribution in [2.24, 2.45) is 0 Å². The Morgan fingerprint density at radius 1 is 1.07 bits per heavy atom. The van der Waals surface area contributed by atoms with Crippen LogP contribution in [0.2, 0.25) is 5.02 Å². The van der Waals surface area contributed by atoms with E-state index in [9.17, 15) is 0 Å². The van der Waals surface area contributed by atoms with Crippen LogP contribution >= 0.6 is 22.9 Å². The molecule has 0 unspecified atom stereocenters. The molecule has 2 heterocycles. The maximum Gasteiger partial charge on any atom is 0.222 e. The Morgan fingerprint density at radius 2 is 1.93 bits per heavy atom. The molecule has 0 saturated carbocycles. The summed E-state index contributed by atoms with van der Waals surface area (Å²) in [6.45, 7) is 4.81. The lowest BCUT2D eigenvalue weighted by Gasteiger charge is -2.11. The van der Waals surface area contributed by atoms with E-state index < -0.39 is 0 Å². The van der Waals surface area contributed by atoms with Crippen molar-refractivity contribution in [1.82, 2.24) is 15.0 Å². The van der Waals surface area contributed by atoms with Crippen LogP contribution in [-0.4, -0.2) is 21.5 Å². The molecular formula is C22H22ClN5S. The fourth-order valence-corrected chi connectivity index (χ4v) is 4.39. The van der Waals surface area contributed by atoms with Gasteiger partial charge in [0.15, 0.2) is 0 Å². The van der Waals surface area contributed by atoms with Crippen LogP contribution < -0.4 is 11.1 Å². The molecule has 0 saturated heterocycles. The molecule has 0 amide bonds. The van der Waals surface area contributed by atoms with E-state index in [4.69, 9.17) is 17.3 Å². The number of nitrogens with one attached hydrogen (secondary N) is 1. The molecule has 0 aliphatic carbocycles. The van der Waals surface area contributed by atoms with Crippen molar-refractivity contribution in [1.29, 1.82) is 0 Å². The molecule has 0 fully saturated rings. The van der Waals surface area contributed by atoms with Gasteiger partial charge >= 0.3 is 0 Å². The number of halogens is 1. The lowest BCUT2D eigenvalue weighted by atomic mass is 10.1. The summed E-state index contributed by atoms with van der Waals surface area (Å²) in [5, 5.41) is 5.18. The van der Waals surface area contributed by atoms with Gasteiger partial charge in [-0.2, -0.15) is 4.98 Å². The molecule has 0 aliphatic rings. The average Bonchev–Trinajstić information content (AvgIpc) is 3.06.